The Bertz CT molecular complexity index is 766. The summed E-state index contributed by atoms with van der Waals surface area (Å²) < 4.78 is 0. The molecule has 6 heteroatoms. The second-order valence-corrected chi connectivity index (χ2v) is 8.18. The lowest BCUT2D eigenvalue weighted by atomic mass is 10.0. The van der Waals surface area contributed by atoms with Gasteiger partial charge in [0.1, 0.15) is 0 Å². The predicted molar refractivity (Wildman–Crippen MR) is 98.5 cm³/mol. The number of nitrogens with one attached hydrogen (secondary N) is 2. The normalized spacial score (nSPS) is 16.0. The molecule has 0 aromatic heterocycles. The standard InChI is InChI=1S/C18H16N2O2S2/c21-17-7-1-11-9-13(3-5-15(11)19-17)23-24-14-4-6-16-12(10-14)2-8-18(22)20-16/h3-6,9-10H,1-2,7-8H2,(H,19,21)(H,20,22). The second kappa shape index (κ2) is 6.53. The molecule has 0 aliphatic carbocycles. The zero-order valence-corrected chi connectivity index (χ0v) is 14.6. The highest BCUT2D eigenvalue weighted by molar-refractivity contribution is 8.76. The first-order valence-corrected chi connectivity index (χ1v) is 10.0. The number of benzene rings is 2. The Morgan fingerprint density at radius 2 is 1.12 bits per heavy atom. The van der Waals surface area contributed by atoms with Crippen LogP contribution in [0.4, 0.5) is 11.4 Å². The topological polar surface area (TPSA) is 58.2 Å². The highest BCUT2D eigenvalue weighted by Gasteiger charge is 2.16. The van der Waals surface area contributed by atoms with Crippen LogP contribution in [0.15, 0.2) is 46.2 Å². The summed E-state index contributed by atoms with van der Waals surface area (Å²) in [5.41, 5.74) is 4.27. The summed E-state index contributed by atoms with van der Waals surface area (Å²) in [6.45, 7) is 0. The van der Waals surface area contributed by atoms with Crippen LogP contribution in [0.2, 0.25) is 0 Å². The van der Waals surface area contributed by atoms with E-state index < -0.39 is 0 Å². The Labute approximate surface area is 148 Å². The van der Waals surface area contributed by atoms with Gasteiger partial charge < -0.3 is 10.6 Å². The predicted octanol–water partition coefficient (Wildman–Crippen LogP) is 4.26. The zero-order chi connectivity index (χ0) is 16.5. The van der Waals surface area contributed by atoms with Crippen molar-refractivity contribution in [2.45, 2.75) is 35.5 Å². The van der Waals surface area contributed by atoms with E-state index in [2.05, 4.69) is 22.8 Å². The van der Waals surface area contributed by atoms with Gasteiger partial charge in [-0.3, -0.25) is 9.59 Å². The zero-order valence-electron chi connectivity index (χ0n) is 12.9. The minimum absolute atomic E-state index is 0.0958. The highest BCUT2D eigenvalue weighted by Crippen LogP contribution is 2.40. The van der Waals surface area contributed by atoms with Gasteiger partial charge in [0.25, 0.3) is 0 Å². The van der Waals surface area contributed by atoms with Crippen molar-refractivity contribution < 1.29 is 9.59 Å². The van der Waals surface area contributed by atoms with Gasteiger partial charge in [-0.05, 0) is 60.4 Å². The fourth-order valence-corrected chi connectivity index (χ4v) is 4.94. The molecule has 0 spiro atoms. The average Bonchev–Trinajstić information content (AvgIpc) is 2.60. The van der Waals surface area contributed by atoms with Crippen LogP contribution in [0.5, 0.6) is 0 Å². The van der Waals surface area contributed by atoms with Crippen molar-refractivity contribution >= 4 is 44.8 Å². The molecule has 0 unspecified atom stereocenters. The van der Waals surface area contributed by atoms with Gasteiger partial charge in [-0.2, -0.15) is 0 Å². The molecule has 4 nitrogen and oxygen atoms in total. The van der Waals surface area contributed by atoms with Gasteiger partial charge >= 0.3 is 0 Å². The number of carbonyl (C=O) groups is 2. The summed E-state index contributed by atoms with van der Waals surface area (Å²) in [6, 6.07) is 12.4. The number of carbonyl (C=O) groups excluding carboxylic acids is 2. The van der Waals surface area contributed by atoms with E-state index in [4.69, 9.17) is 0 Å². The van der Waals surface area contributed by atoms with Crippen LogP contribution in [-0.4, -0.2) is 11.8 Å². The summed E-state index contributed by atoms with van der Waals surface area (Å²) in [7, 11) is 3.43. The van der Waals surface area contributed by atoms with E-state index in [0.29, 0.717) is 12.8 Å². The number of aryl methyl sites for hydroxylation is 2. The molecule has 0 atom stereocenters. The fourth-order valence-electron chi connectivity index (χ4n) is 2.92. The minimum Gasteiger partial charge on any atom is -0.326 e. The van der Waals surface area contributed by atoms with E-state index in [0.717, 1.165) is 24.2 Å². The Morgan fingerprint density at radius 3 is 1.58 bits per heavy atom. The molecule has 2 aromatic carbocycles. The number of rotatable bonds is 3. The molecule has 2 amide bonds. The van der Waals surface area contributed by atoms with Gasteiger partial charge in [0.05, 0.1) is 0 Å². The van der Waals surface area contributed by atoms with E-state index >= 15 is 0 Å². The molecule has 2 N–H and O–H groups in total. The number of amides is 2. The first kappa shape index (κ1) is 15.6. The lowest BCUT2D eigenvalue weighted by Crippen LogP contribution is -2.18. The molecular weight excluding hydrogens is 340 g/mol. The third-order valence-electron chi connectivity index (χ3n) is 4.18. The molecule has 2 heterocycles. The van der Waals surface area contributed by atoms with Crippen LogP contribution < -0.4 is 10.6 Å². The quantitative estimate of drug-likeness (QED) is 0.807. The van der Waals surface area contributed by atoms with Crippen LogP contribution >= 0.6 is 21.6 Å². The largest absolute Gasteiger partial charge is 0.326 e. The van der Waals surface area contributed by atoms with Crippen molar-refractivity contribution in [2.75, 3.05) is 10.6 Å². The van der Waals surface area contributed by atoms with Crippen LogP contribution in [0.1, 0.15) is 24.0 Å². The summed E-state index contributed by atoms with van der Waals surface area (Å²) in [4.78, 5) is 25.2. The summed E-state index contributed by atoms with van der Waals surface area (Å²) in [5, 5.41) is 5.82. The number of anilines is 2. The van der Waals surface area contributed by atoms with Gasteiger partial charge in [-0.1, -0.05) is 21.6 Å². The van der Waals surface area contributed by atoms with Crippen molar-refractivity contribution in [3.8, 4) is 0 Å². The SMILES string of the molecule is O=C1CCc2cc(SSc3ccc4c(c3)CCC(=O)N4)ccc2N1. The van der Waals surface area contributed by atoms with Crippen molar-refractivity contribution in [1.29, 1.82) is 0 Å². The van der Waals surface area contributed by atoms with Gasteiger partial charge in [0.2, 0.25) is 11.8 Å². The average molecular weight is 356 g/mol. The highest BCUT2D eigenvalue weighted by atomic mass is 33.1. The molecule has 0 fully saturated rings. The van der Waals surface area contributed by atoms with Gasteiger partial charge in [-0.25, -0.2) is 0 Å². The lowest BCUT2D eigenvalue weighted by molar-refractivity contribution is -0.117. The maximum Gasteiger partial charge on any atom is 0.224 e. The Hall–Kier alpha value is -1.92. The first-order chi connectivity index (χ1) is 11.7. The third kappa shape index (κ3) is 3.30. The smallest absolute Gasteiger partial charge is 0.224 e. The number of hydrogen-bond donors (Lipinski definition) is 2. The molecular formula is C18H16N2O2S2. The summed E-state index contributed by atoms with van der Waals surface area (Å²) in [5.74, 6) is 0.192. The summed E-state index contributed by atoms with van der Waals surface area (Å²) in [6.07, 6.45) is 2.73. The Kier molecular flexibility index (Phi) is 4.24. The lowest BCUT2D eigenvalue weighted by Gasteiger charge is -2.18. The van der Waals surface area contributed by atoms with Crippen LogP contribution in [-0.2, 0) is 22.4 Å². The molecule has 0 radical (unpaired) electrons. The van der Waals surface area contributed by atoms with Crippen LogP contribution in [0.3, 0.4) is 0 Å². The molecule has 0 saturated carbocycles. The number of fused-ring (bicyclic) bond motifs is 2. The van der Waals surface area contributed by atoms with Gasteiger partial charge in [-0.15, -0.1) is 0 Å². The van der Waals surface area contributed by atoms with Crippen LogP contribution in [0.25, 0.3) is 0 Å². The molecule has 0 saturated heterocycles. The van der Waals surface area contributed by atoms with Crippen molar-refractivity contribution in [2.24, 2.45) is 0 Å². The van der Waals surface area contributed by atoms with Crippen molar-refractivity contribution in [3.05, 3.63) is 47.5 Å². The Morgan fingerprint density at radius 1 is 0.667 bits per heavy atom. The molecule has 4 rings (SSSR count). The van der Waals surface area contributed by atoms with Crippen LogP contribution in [0, 0.1) is 0 Å². The Balaban J connectivity index is 1.45. The van der Waals surface area contributed by atoms with E-state index in [-0.39, 0.29) is 11.8 Å². The van der Waals surface area contributed by atoms with Crippen molar-refractivity contribution in [1.82, 2.24) is 0 Å². The number of hydrogen-bond acceptors (Lipinski definition) is 4. The van der Waals surface area contributed by atoms with E-state index in [1.54, 1.807) is 21.6 Å². The van der Waals surface area contributed by atoms with Gasteiger partial charge in [0.15, 0.2) is 0 Å². The summed E-state index contributed by atoms with van der Waals surface area (Å²) >= 11 is 0. The van der Waals surface area contributed by atoms with E-state index in [9.17, 15) is 9.59 Å². The molecule has 2 aromatic rings. The second-order valence-electron chi connectivity index (χ2n) is 5.90. The molecule has 2 aliphatic rings. The molecule has 24 heavy (non-hydrogen) atoms. The minimum atomic E-state index is 0.0958. The van der Waals surface area contributed by atoms with E-state index in [1.165, 1.54) is 20.9 Å². The molecule has 122 valence electrons. The monoisotopic (exact) mass is 356 g/mol. The maximum atomic E-state index is 11.4. The van der Waals surface area contributed by atoms with Gasteiger partial charge in [0, 0.05) is 34.0 Å². The first-order valence-electron chi connectivity index (χ1n) is 7.87. The molecule has 2 aliphatic heterocycles. The van der Waals surface area contributed by atoms with E-state index in [1.807, 2.05) is 24.3 Å². The van der Waals surface area contributed by atoms with Crippen molar-refractivity contribution in [3.63, 3.8) is 0 Å². The molecule has 0 bridgehead atoms. The maximum absolute atomic E-state index is 11.4. The third-order valence-corrected chi connectivity index (χ3v) is 6.56. The fraction of sp³-hybridized carbons (Fsp3) is 0.222.